The second-order valence-electron chi connectivity index (χ2n) is 3.05. The van der Waals surface area contributed by atoms with Gasteiger partial charge in [-0.3, -0.25) is 4.79 Å². The van der Waals surface area contributed by atoms with Crippen molar-refractivity contribution in [3.8, 4) is 0 Å². The van der Waals surface area contributed by atoms with Crippen LogP contribution in [0, 0.1) is 0 Å². The third-order valence-corrected chi connectivity index (χ3v) is 2.08. The Morgan fingerprint density at radius 2 is 2.45 bits per heavy atom. The van der Waals surface area contributed by atoms with E-state index in [1.54, 1.807) is 4.90 Å². The largest absolute Gasteiger partial charge is 0.327 e. The minimum atomic E-state index is -0.00551. The van der Waals surface area contributed by atoms with Crippen molar-refractivity contribution in [1.29, 1.82) is 0 Å². The second-order valence-corrected chi connectivity index (χ2v) is 3.05. The Bertz CT molecular complexity index is 147. The molecule has 1 aliphatic heterocycles. The Morgan fingerprint density at radius 1 is 1.73 bits per heavy atom. The summed E-state index contributed by atoms with van der Waals surface area (Å²) in [5.41, 5.74) is 5.72. The zero-order valence-corrected chi connectivity index (χ0v) is 7.05. The van der Waals surface area contributed by atoms with Gasteiger partial charge in [-0.25, -0.2) is 0 Å². The maximum Gasteiger partial charge on any atom is 0.223 e. The lowest BCUT2D eigenvalue weighted by molar-refractivity contribution is -0.131. The Balaban J connectivity index is 2.39. The standard InChI is InChI=1S/C8H16N2O/c1-2-4-8(11)10-6-3-5-7(10)9/h7H,2-6,9H2,1H3. The number of nitrogens with two attached hydrogens (primary N) is 1. The van der Waals surface area contributed by atoms with Gasteiger partial charge < -0.3 is 10.6 Å². The van der Waals surface area contributed by atoms with Gasteiger partial charge in [0.2, 0.25) is 5.91 Å². The summed E-state index contributed by atoms with van der Waals surface area (Å²) in [5.74, 6) is 0.220. The third-order valence-electron chi connectivity index (χ3n) is 2.08. The highest BCUT2D eigenvalue weighted by Crippen LogP contribution is 2.13. The number of amides is 1. The van der Waals surface area contributed by atoms with E-state index in [9.17, 15) is 4.79 Å². The lowest BCUT2D eigenvalue weighted by Crippen LogP contribution is -2.40. The zero-order chi connectivity index (χ0) is 8.27. The highest BCUT2D eigenvalue weighted by molar-refractivity contribution is 5.76. The zero-order valence-electron chi connectivity index (χ0n) is 7.05. The molecule has 0 aromatic heterocycles. The minimum Gasteiger partial charge on any atom is -0.327 e. The molecule has 0 aromatic carbocycles. The molecule has 3 heteroatoms. The Hall–Kier alpha value is -0.570. The number of hydrogen-bond donors (Lipinski definition) is 1. The molecule has 1 aliphatic rings. The Labute approximate surface area is 67.5 Å². The molecule has 2 N–H and O–H groups in total. The van der Waals surface area contributed by atoms with Crippen molar-refractivity contribution in [2.24, 2.45) is 5.73 Å². The van der Waals surface area contributed by atoms with Crippen molar-refractivity contribution >= 4 is 5.91 Å². The van der Waals surface area contributed by atoms with Crippen molar-refractivity contribution < 1.29 is 4.79 Å². The van der Waals surface area contributed by atoms with Crippen LogP contribution in [0.3, 0.4) is 0 Å². The summed E-state index contributed by atoms with van der Waals surface area (Å²) >= 11 is 0. The van der Waals surface area contributed by atoms with E-state index in [1.165, 1.54) is 0 Å². The highest BCUT2D eigenvalue weighted by Gasteiger charge is 2.24. The monoisotopic (exact) mass is 156 g/mol. The Kier molecular flexibility index (Phi) is 2.88. The van der Waals surface area contributed by atoms with E-state index in [2.05, 4.69) is 0 Å². The maximum atomic E-state index is 11.3. The molecule has 11 heavy (non-hydrogen) atoms. The van der Waals surface area contributed by atoms with Gasteiger partial charge in [0.15, 0.2) is 0 Å². The van der Waals surface area contributed by atoms with Crippen LogP contribution < -0.4 is 5.73 Å². The van der Waals surface area contributed by atoms with E-state index in [1.807, 2.05) is 6.92 Å². The molecule has 0 aromatic rings. The van der Waals surface area contributed by atoms with Crippen LogP contribution in [0.5, 0.6) is 0 Å². The smallest absolute Gasteiger partial charge is 0.223 e. The van der Waals surface area contributed by atoms with Gasteiger partial charge in [0.1, 0.15) is 0 Å². The van der Waals surface area contributed by atoms with Crippen LogP contribution in [0.1, 0.15) is 32.6 Å². The second kappa shape index (κ2) is 3.72. The van der Waals surface area contributed by atoms with Crippen LogP contribution in [0.2, 0.25) is 0 Å². The summed E-state index contributed by atoms with van der Waals surface area (Å²) in [5, 5.41) is 0. The molecule has 1 heterocycles. The van der Waals surface area contributed by atoms with Gasteiger partial charge in [0.25, 0.3) is 0 Å². The molecule has 1 atom stereocenters. The number of hydrogen-bond acceptors (Lipinski definition) is 2. The van der Waals surface area contributed by atoms with Gasteiger partial charge in [0.05, 0.1) is 6.17 Å². The molecule has 3 nitrogen and oxygen atoms in total. The van der Waals surface area contributed by atoms with Gasteiger partial charge in [-0.1, -0.05) is 6.92 Å². The first-order valence-corrected chi connectivity index (χ1v) is 4.30. The molecular weight excluding hydrogens is 140 g/mol. The van der Waals surface area contributed by atoms with E-state index < -0.39 is 0 Å². The van der Waals surface area contributed by atoms with Crippen LogP contribution >= 0.6 is 0 Å². The molecule has 1 amide bonds. The molecule has 0 bridgehead atoms. The van der Waals surface area contributed by atoms with Crippen molar-refractivity contribution in [3.05, 3.63) is 0 Å². The molecule has 1 saturated heterocycles. The summed E-state index contributed by atoms with van der Waals surface area (Å²) in [7, 11) is 0. The summed E-state index contributed by atoms with van der Waals surface area (Å²) < 4.78 is 0. The predicted molar refractivity (Wildman–Crippen MR) is 43.8 cm³/mol. The van der Waals surface area contributed by atoms with E-state index in [0.717, 1.165) is 25.8 Å². The summed E-state index contributed by atoms with van der Waals surface area (Å²) in [6.45, 7) is 2.87. The molecular formula is C8H16N2O. The molecule has 0 aliphatic carbocycles. The first kappa shape index (κ1) is 8.53. The Morgan fingerprint density at radius 3 is 2.91 bits per heavy atom. The first-order chi connectivity index (χ1) is 5.25. The lowest BCUT2D eigenvalue weighted by atomic mass is 10.3. The average Bonchev–Trinajstić information content (AvgIpc) is 2.36. The molecule has 1 fully saturated rings. The van der Waals surface area contributed by atoms with Gasteiger partial charge in [-0.2, -0.15) is 0 Å². The quantitative estimate of drug-likeness (QED) is 0.639. The van der Waals surface area contributed by atoms with Crippen LogP contribution in [-0.2, 0) is 4.79 Å². The summed E-state index contributed by atoms with van der Waals surface area (Å²) in [4.78, 5) is 13.1. The lowest BCUT2D eigenvalue weighted by Gasteiger charge is -2.20. The minimum absolute atomic E-state index is 0.00551. The number of rotatable bonds is 2. The first-order valence-electron chi connectivity index (χ1n) is 4.30. The number of likely N-dealkylation sites (tertiary alicyclic amines) is 1. The van der Waals surface area contributed by atoms with Gasteiger partial charge in [-0.15, -0.1) is 0 Å². The SMILES string of the molecule is CCCC(=O)N1CCCC1N. The normalized spacial score (nSPS) is 24.2. The van der Waals surface area contributed by atoms with Crippen molar-refractivity contribution in [2.45, 2.75) is 38.8 Å². The van der Waals surface area contributed by atoms with E-state index in [0.29, 0.717) is 6.42 Å². The fourth-order valence-corrected chi connectivity index (χ4v) is 1.46. The van der Waals surface area contributed by atoms with Crippen LogP contribution in [0.4, 0.5) is 0 Å². The fourth-order valence-electron chi connectivity index (χ4n) is 1.46. The average molecular weight is 156 g/mol. The third kappa shape index (κ3) is 1.93. The topological polar surface area (TPSA) is 46.3 Å². The molecule has 64 valence electrons. The maximum absolute atomic E-state index is 11.3. The number of carbonyl (C=O) groups is 1. The highest BCUT2D eigenvalue weighted by atomic mass is 16.2. The molecule has 1 rings (SSSR count). The van der Waals surface area contributed by atoms with Crippen LogP contribution in [0.25, 0.3) is 0 Å². The van der Waals surface area contributed by atoms with Crippen LogP contribution in [-0.4, -0.2) is 23.5 Å². The molecule has 0 radical (unpaired) electrons. The van der Waals surface area contributed by atoms with Gasteiger partial charge >= 0.3 is 0 Å². The summed E-state index contributed by atoms with van der Waals surface area (Å²) in [6.07, 6.45) is 3.59. The van der Waals surface area contributed by atoms with E-state index >= 15 is 0 Å². The van der Waals surface area contributed by atoms with Crippen LogP contribution in [0.15, 0.2) is 0 Å². The number of carbonyl (C=O) groups excluding carboxylic acids is 1. The van der Waals surface area contributed by atoms with E-state index in [4.69, 9.17) is 5.73 Å². The van der Waals surface area contributed by atoms with Gasteiger partial charge in [-0.05, 0) is 19.3 Å². The van der Waals surface area contributed by atoms with Gasteiger partial charge in [0, 0.05) is 13.0 Å². The molecule has 1 unspecified atom stereocenters. The predicted octanol–water partition coefficient (Wildman–Crippen LogP) is 0.694. The van der Waals surface area contributed by atoms with Crippen molar-refractivity contribution in [1.82, 2.24) is 4.90 Å². The van der Waals surface area contributed by atoms with Crippen molar-refractivity contribution in [3.63, 3.8) is 0 Å². The van der Waals surface area contributed by atoms with E-state index in [-0.39, 0.29) is 12.1 Å². The molecule has 0 spiro atoms. The summed E-state index contributed by atoms with van der Waals surface area (Å²) in [6, 6.07) is 0. The van der Waals surface area contributed by atoms with Crippen molar-refractivity contribution in [2.75, 3.05) is 6.54 Å². The molecule has 0 saturated carbocycles. The fraction of sp³-hybridized carbons (Fsp3) is 0.875. The number of nitrogens with zero attached hydrogens (tertiary/aromatic N) is 1.